The highest BCUT2D eigenvalue weighted by Gasteiger charge is 2.23. The Morgan fingerprint density at radius 2 is 1.77 bits per heavy atom. The topological polar surface area (TPSA) is 99.1 Å². The van der Waals surface area contributed by atoms with Crippen LogP contribution >= 0.6 is 27.3 Å². The van der Waals surface area contributed by atoms with Crippen molar-refractivity contribution in [1.82, 2.24) is 0 Å². The van der Waals surface area contributed by atoms with E-state index < -0.39 is 10.0 Å². The van der Waals surface area contributed by atoms with Crippen molar-refractivity contribution in [3.63, 3.8) is 0 Å². The molecule has 0 spiro atoms. The van der Waals surface area contributed by atoms with E-state index in [0.717, 1.165) is 29.3 Å². The highest BCUT2D eigenvalue weighted by atomic mass is 79.9. The number of hydrogen-bond acceptors (Lipinski definition) is 5. The summed E-state index contributed by atoms with van der Waals surface area (Å²) in [6.07, 6.45) is 2.86. The van der Waals surface area contributed by atoms with Gasteiger partial charge in [0.05, 0.1) is 10.5 Å². The fourth-order valence-corrected chi connectivity index (χ4v) is 5.86. The number of halogens is 1. The van der Waals surface area contributed by atoms with Gasteiger partial charge in [-0.05, 0) is 73.4 Å². The molecule has 0 saturated carbocycles. The van der Waals surface area contributed by atoms with Gasteiger partial charge in [0.1, 0.15) is 11.1 Å². The number of carbonyl (C=O) groups excluding carboxylic acids is 1. The minimum Gasteiger partial charge on any atom is -0.312 e. The van der Waals surface area contributed by atoms with Crippen LogP contribution in [-0.4, -0.2) is 14.3 Å². The van der Waals surface area contributed by atoms with Gasteiger partial charge in [0.2, 0.25) is 0 Å². The third-order valence-electron chi connectivity index (χ3n) is 4.78. The Balaban J connectivity index is 1.48. The summed E-state index contributed by atoms with van der Waals surface area (Å²) in [5, 5.41) is 12.8. The Labute approximate surface area is 186 Å². The number of amides is 1. The molecule has 1 amide bonds. The molecule has 3 aromatic rings. The lowest BCUT2D eigenvalue weighted by Crippen LogP contribution is -2.14. The van der Waals surface area contributed by atoms with E-state index >= 15 is 0 Å². The molecule has 0 unspecified atom stereocenters. The molecule has 152 valence electrons. The number of rotatable bonds is 5. The zero-order valence-electron chi connectivity index (χ0n) is 15.6. The van der Waals surface area contributed by atoms with E-state index in [0.29, 0.717) is 21.8 Å². The molecule has 0 bridgehead atoms. The standard InChI is InChI=1S/C21H16BrN3O3S2/c22-14-6-10-16(11-7-14)30(27,28)25-15-8-4-13(5-9-15)20(26)24-21-18(12-23)17-2-1-3-19(17)29-21/h4-11,25H,1-3H2,(H,24,26). The predicted octanol–water partition coefficient (Wildman–Crippen LogP) is 4.92. The summed E-state index contributed by atoms with van der Waals surface area (Å²) in [5.41, 5.74) is 2.33. The van der Waals surface area contributed by atoms with E-state index in [-0.39, 0.29) is 10.8 Å². The number of fused-ring (bicyclic) bond motifs is 1. The maximum absolute atomic E-state index is 12.6. The van der Waals surface area contributed by atoms with Gasteiger partial charge in [-0.25, -0.2) is 8.42 Å². The molecule has 4 rings (SSSR count). The Morgan fingerprint density at radius 3 is 2.43 bits per heavy atom. The molecule has 6 nitrogen and oxygen atoms in total. The molecule has 1 aliphatic rings. The van der Waals surface area contributed by atoms with Gasteiger partial charge in [-0.15, -0.1) is 11.3 Å². The number of anilines is 2. The van der Waals surface area contributed by atoms with Crippen LogP contribution in [0.15, 0.2) is 57.9 Å². The second kappa shape index (κ2) is 8.22. The van der Waals surface area contributed by atoms with E-state index in [2.05, 4.69) is 32.0 Å². The Kier molecular flexibility index (Phi) is 5.64. The average molecular weight is 502 g/mol. The van der Waals surface area contributed by atoms with Crippen LogP contribution in [0.4, 0.5) is 10.7 Å². The van der Waals surface area contributed by atoms with Gasteiger partial charge < -0.3 is 5.32 Å². The minimum absolute atomic E-state index is 0.141. The highest BCUT2D eigenvalue weighted by Crippen LogP contribution is 2.38. The molecule has 0 radical (unpaired) electrons. The average Bonchev–Trinajstić information content (AvgIpc) is 3.29. The molecule has 1 aromatic heterocycles. The number of sulfonamides is 1. The number of thiophene rings is 1. The number of aryl methyl sites for hydroxylation is 1. The first-order valence-electron chi connectivity index (χ1n) is 9.12. The SMILES string of the molecule is N#Cc1c(NC(=O)c2ccc(NS(=O)(=O)c3ccc(Br)cc3)cc2)sc2c1CCC2. The van der Waals surface area contributed by atoms with Crippen molar-refractivity contribution in [2.75, 3.05) is 10.0 Å². The Hall–Kier alpha value is -2.67. The van der Waals surface area contributed by atoms with Crippen molar-refractivity contribution in [2.24, 2.45) is 0 Å². The predicted molar refractivity (Wildman–Crippen MR) is 120 cm³/mol. The summed E-state index contributed by atoms with van der Waals surface area (Å²) in [7, 11) is -3.73. The van der Waals surface area contributed by atoms with Gasteiger partial charge in [-0.3, -0.25) is 9.52 Å². The molecule has 0 fully saturated rings. The molecule has 1 aliphatic carbocycles. The highest BCUT2D eigenvalue weighted by molar-refractivity contribution is 9.10. The van der Waals surface area contributed by atoms with Crippen molar-refractivity contribution in [1.29, 1.82) is 5.26 Å². The largest absolute Gasteiger partial charge is 0.312 e. The van der Waals surface area contributed by atoms with Gasteiger partial charge in [0, 0.05) is 20.6 Å². The van der Waals surface area contributed by atoms with Crippen LogP contribution in [0.25, 0.3) is 0 Å². The molecule has 1 heterocycles. The minimum atomic E-state index is -3.73. The summed E-state index contributed by atoms with van der Waals surface area (Å²) in [6, 6.07) is 14.7. The van der Waals surface area contributed by atoms with Gasteiger partial charge >= 0.3 is 0 Å². The summed E-state index contributed by atoms with van der Waals surface area (Å²) >= 11 is 4.73. The van der Waals surface area contributed by atoms with Crippen LogP contribution in [0.3, 0.4) is 0 Å². The molecule has 30 heavy (non-hydrogen) atoms. The van der Waals surface area contributed by atoms with E-state index in [9.17, 15) is 18.5 Å². The maximum Gasteiger partial charge on any atom is 0.261 e. The van der Waals surface area contributed by atoms with E-state index in [1.54, 1.807) is 24.3 Å². The number of benzene rings is 2. The van der Waals surface area contributed by atoms with Crippen LogP contribution in [0.1, 0.15) is 32.8 Å². The molecule has 9 heteroatoms. The Morgan fingerprint density at radius 1 is 1.07 bits per heavy atom. The van der Waals surface area contributed by atoms with Crippen molar-refractivity contribution in [2.45, 2.75) is 24.2 Å². The summed E-state index contributed by atoms with van der Waals surface area (Å²) in [6.45, 7) is 0. The van der Waals surface area contributed by atoms with E-state index in [1.807, 2.05) is 0 Å². The van der Waals surface area contributed by atoms with Crippen LogP contribution in [0.2, 0.25) is 0 Å². The Bertz CT molecular complexity index is 1260. The number of carbonyl (C=O) groups is 1. The van der Waals surface area contributed by atoms with E-state index in [4.69, 9.17) is 0 Å². The summed E-state index contributed by atoms with van der Waals surface area (Å²) < 4.78 is 28.2. The van der Waals surface area contributed by atoms with Gasteiger partial charge in [-0.2, -0.15) is 5.26 Å². The molecule has 2 aromatic carbocycles. The molecule has 0 saturated heterocycles. The maximum atomic E-state index is 12.6. The fraction of sp³-hybridized carbons (Fsp3) is 0.143. The number of nitrogens with one attached hydrogen (secondary N) is 2. The van der Waals surface area contributed by atoms with Crippen molar-refractivity contribution in [3.05, 3.63) is 74.6 Å². The van der Waals surface area contributed by atoms with Crippen LogP contribution in [0.5, 0.6) is 0 Å². The number of nitrogens with zero attached hydrogens (tertiary/aromatic N) is 1. The second-order valence-electron chi connectivity index (χ2n) is 6.76. The second-order valence-corrected chi connectivity index (χ2v) is 10.5. The number of hydrogen-bond donors (Lipinski definition) is 2. The zero-order chi connectivity index (χ0) is 21.3. The first kappa shape index (κ1) is 20.6. The molecule has 0 aliphatic heterocycles. The van der Waals surface area contributed by atoms with Gasteiger partial charge in [0.15, 0.2) is 0 Å². The zero-order valence-corrected chi connectivity index (χ0v) is 18.8. The molecular formula is C21H16BrN3O3S2. The molecular weight excluding hydrogens is 486 g/mol. The fourth-order valence-electron chi connectivity index (χ4n) is 3.30. The lowest BCUT2D eigenvalue weighted by molar-refractivity contribution is 0.102. The summed E-state index contributed by atoms with van der Waals surface area (Å²) in [4.78, 5) is 13.9. The van der Waals surface area contributed by atoms with Gasteiger partial charge in [-0.1, -0.05) is 15.9 Å². The smallest absolute Gasteiger partial charge is 0.261 e. The van der Waals surface area contributed by atoms with E-state index in [1.165, 1.54) is 40.5 Å². The molecule has 2 N–H and O–H groups in total. The third-order valence-corrected chi connectivity index (χ3v) is 7.92. The van der Waals surface area contributed by atoms with Crippen LogP contribution in [-0.2, 0) is 22.9 Å². The van der Waals surface area contributed by atoms with Gasteiger partial charge in [0.25, 0.3) is 15.9 Å². The van der Waals surface area contributed by atoms with Crippen molar-refractivity contribution in [3.8, 4) is 6.07 Å². The lowest BCUT2D eigenvalue weighted by Gasteiger charge is -2.09. The van der Waals surface area contributed by atoms with Crippen molar-refractivity contribution >= 4 is 53.9 Å². The summed E-state index contributed by atoms with van der Waals surface area (Å²) in [5.74, 6) is -0.339. The number of nitriles is 1. The van der Waals surface area contributed by atoms with Crippen LogP contribution in [0, 0.1) is 11.3 Å². The quantitative estimate of drug-likeness (QED) is 0.517. The molecule has 0 atom stereocenters. The lowest BCUT2D eigenvalue weighted by atomic mass is 10.1. The van der Waals surface area contributed by atoms with Crippen molar-refractivity contribution < 1.29 is 13.2 Å². The first-order valence-corrected chi connectivity index (χ1v) is 12.2. The first-order chi connectivity index (χ1) is 14.4. The monoisotopic (exact) mass is 501 g/mol. The third kappa shape index (κ3) is 4.12. The van der Waals surface area contributed by atoms with Crippen LogP contribution < -0.4 is 10.0 Å². The normalized spacial score (nSPS) is 12.8.